The van der Waals surface area contributed by atoms with Crippen LogP contribution in [0.2, 0.25) is 0 Å². The van der Waals surface area contributed by atoms with Gasteiger partial charge in [-0.1, -0.05) is 17.8 Å². The molecule has 0 atom stereocenters. The summed E-state index contributed by atoms with van der Waals surface area (Å²) in [6, 6.07) is 9.40. The molecule has 0 saturated heterocycles. The Labute approximate surface area is 172 Å². The molecule has 1 N–H and O–H groups in total. The SMILES string of the molecule is CC(C)n1c(SCC(=O)Nc2cccc([N+](=O)[O-])c2)nnc1-c1ccc(Br)o1. The Morgan fingerprint density at radius 2 is 2.14 bits per heavy atom. The fraction of sp³-hybridized carbons (Fsp3) is 0.235. The number of aromatic nitrogens is 3. The van der Waals surface area contributed by atoms with Gasteiger partial charge in [0, 0.05) is 23.9 Å². The highest BCUT2D eigenvalue weighted by Gasteiger charge is 2.20. The summed E-state index contributed by atoms with van der Waals surface area (Å²) in [5.41, 5.74) is 0.283. The number of nitrogens with one attached hydrogen (secondary N) is 1. The number of halogens is 1. The van der Waals surface area contributed by atoms with Gasteiger partial charge in [-0.3, -0.25) is 19.5 Å². The molecule has 0 spiro atoms. The van der Waals surface area contributed by atoms with Crippen molar-refractivity contribution < 1.29 is 14.1 Å². The number of furan rings is 1. The molecule has 0 unspecified atom stereocenters. The Hall–Kier alpha value is -2.66. The van der Waals surface area contributed by atoms with Gasteiger partial charge in [-0.15, -0.1) is 10.2 Å². The predicted octanol–water partition coefficient (Wildman–Crippen LogP) is 4.52. The first-order valence-electron chi connectivity index (χ1n) is 8.23. The number of thioether (sulfide) groups is 1. The van der Waals surface area contributed by atoms with E-state index < -0.39 is 4.92 Å². The highest BCUT2D eigenvalue weighted by Crippen LogP contribution is 2.30. The predicted molar refractivity (Wildman–Crippen MR) is 108 cm³/mol. The molecule has 0 radical (unpaired) electrons. The molecule has 1 aromatic carbocycles. The highest BCUT2D eigenvalue weighted by atomic mass is 79.9. The molecule has 2 aromatic heterocycles. The lowest BCUT2D eigenvalue weighted by Gasteiger charge is -2.12. The standard InChI is InChI=1S/C17H16BrN5O4S/c1-10(2)22-16(13-6-7-14(18)27-13)20-21-17(22)28-9-15(24)19-11-4-3-5-12(8-11)23(25)26/h3-8,10H,9H2,1-2H3,(H,19,24). The summed E-state index contributed by atoms with van der Waals surface area (Å²) in [4.78, 5) is 22.6. The molecule has 0 bridgehead atoms. The zero-order chi connectivity index (χ0) is 20.3. The number of rotatable bonds is 7. The van der Waals surface area contributed by atoms with Crippen molar-refractivity contribution in [1.29, 1.82) is 0 Å². The average molecular weight is 466 g/mol. The first kappa shape index (κ1) is 20.1. The smallest absolute Gasteiger partial charge is 0.271 e. The summed E-state index contributed by atoms with van der Waals surface area (Å²) in [6.45, 7) is 3.97. The number of hydrogen-bond donors (Lipinski definition) is 1. The Balaban J connectivity index is 1.70. The maximum Gasteiger partial charge on any atom is 0.271 e. The molecule has 0 aliphatic heterocycles. The van der Waals surface area contributed by atoms with Crippen LogP contribution in [0.4, 0.5) is 11.4 Å². The fourth-order valence-corrected chi connectivity index (χ4v) is 3.64. The molecule has 146 valence electrons. The topological polar surface area (TPSA) is 116 Å². The third-order valence-electron chi connectivity index (χ3n) is 3.65. The van der Waals surface area contributed by atoms with Crippen LogP contribution in [-0.4, -0.2) is 31.3 Å². The van der Waals surface area contributed by atoms with Gasteiger partial charge >= 0.3 is 0 Å². The van der Waals surface area contributed by atoms with Gasteiger partial charge in [0.2, 0.25) is 11.7 Å². The summed E-state index contributed by atoms with van der Waals surface area (Å²) in [5.74, 6) is 0.921. The monoisotopic (exact) mass is 465 g/mol. The van der Waals surface area contributed by atoms with Crippen molar-refractivity contribution in [1.82, 2.24) is 14.8 Å². The van der Waals surface area contributed by atoms with Crippen molar-refractivity contribution in [2.75, 3.05) is 11.1 Å². The number of non-ortho nitro benzene ring substituents is 1. The second-order valence-corrected chi connectivity index (χ2v) is 7.74. The lowest BCUT2D eigenvalue weighted by atomic mass is 10.3. The van der Waals surface area contributed by atoms with E-state index in [-0.39, 0.29) is 23.4 Å². The van der Waals surface area contributed by atoms with Crippen molar-refractivity contribution in [3.63, 3.8) is 0 Å². The zero-order valence-corrected chi connectivity index (χ0v) is 17.4. The minimum Gasteiger partial charge on any atom is -0.446 e. The van der Waals surface area contributed by atoms with Crippen molar-refractivity contribution >= 4 is 45.0 Å². The largest absolute Gasteiger partial charge is 0.446 e. The van der Waals surface area contributed by atoms with E-state index in [4.69, 9.17) is 4.42 Å². The van der Waals surface area contributed by atoms with Crippen LogP contribution in [0.15, 0.2) is 50.6 Å². The molecule has 1 amide bonds. The summed E-state index contributed by atoms with van der Waals surface area (Å²) < 4.78 is 8.03. The lowest BCUT2D eigenvalue weighted by Crippen LogP contribution is -2.15. The number of benzene rings is 1. The number of hydrogen-bond acceptors (Lipinski definition) is 7. The molecule has 0 aliphatic rings. The number of carbonyl (C=O) groups is 1. The summed E-state index contributed by atoms with van der Waals surface area (Å²) >= 11 is 4.49. The van der Waals surface area contributed by atoms with Crippen LogP contribution in [0.25, 0.3) is 11.6 Å². The maximum atomic E-state index is 12.2. The molecule has 28 heavy (non-hydrogen) atoms. The number of nitro benzene ring substituents is 1. The molecule has 3 aromatic rings. The molecular formula is C17H16BrN5O4S. The molecule has 9 nitrogen and oxygen atoms in total. The number of carbonyl (C=O) groups excluding carboxylic acids is 1. The van der Waals surface area contributed by atoms with E-state index in [1.54, 1.807) is 18.2 Å². The van der Waals surface area contributed by atoms with Gasteiger partial charge < -0.3 is 9.73 Å². The van der Waals surface area contributed by atoms with E-state index in [2.05, 4.69) is 31.4 Å². The lowest BCUT2D eigenvalue weighted by molar-refractivity contribution is -0.384. The average Bonchev–Trinajstić information content (AvgIpc) is 3.26. The summed E-state index contributed by atoms with van der Waals surface area (Å²) in [5, 5.41) is 22.4. The van der Waals surface area contributed by atoms with Gasteiger partial charge in [-0.25, -0.2) is 0 Å². The van der Waals surface area contributed by atoms with Crippen molar-refractivity contribution in [3.8, 4) is 11.6 Å². The molecule has 0 saturated carbocycles. The maximum absolute atomic E-state index is 12.2. The van der Waals surface area contributed by atoms with Crippen LogP contribution >= 0.6 is 27.7 Å². The number of amides is 1. The molecule has 11 heteroatoms. The van der Waals surface area contributed by atoms with Crippen LogP contribution in [0.1, 0.15) is 19.9 Å². The molecule has 3 rings (SSSR count). The Morgan fingerprint density at radius 1 is 1.36 bits per heavy atom. The second kappa shape index (κ2) is 8.57. The third kappa shape index (κ3) is 4.60. The van der Waals surface area contributed by atoms with Crippen LogP contribution in [0.3, 0.4) is 0 Å². The minimum atomic E-state index is -0.510. The van der Waals surface area contributed by atoms with Crippen LogP contribution in [0, 0.1) is 10.1 Å². The van der Waals surface area contributed by atoms with Crippen molar-refractivity contribution in [3.05, 3.63) is 51.2 Å². The summed E-state index contributed by atoms with van der Waals surface area (Å²) in [7, 11) is 0. The van der Waals surface area contributed by atoms with E-state index in [1.807, 2.05) is 18.4 Å². The van der Waals surface area contributed by atoms with Crippen molar-refractivity contribution in [2.24, 2.45) is 0 Å². The van der Waals surface area contributed by atoms with Crippen LogP contribution in [0.5, 0.6) is 0 Å². The number of nitro groups is 1. The van der Waals surface area contributed by atoms with Crippen LogP contribution < -0.4 is 5.32 Å². The summed E-state index contributed by atoms with van der Waals surface area (Å²) in [6.07, 6.45) is 0. The molecule has 0 aliphatic carbocycles. The van der Waals surface area contributed by atoms with Gasteiger partial charge in [0.25, 0.3) is 5.69 Å². The van der Waals surface area contributed by atoms with Gasteiger partial charge in [-0.2, -0.15) is 0 Å². The molecular weight excluding hydrogens is 450 g/mol. The Kier molecular flexibility index (Phi) is 6.15. The molecule has 0 fully saturated rings. The Morgan fingerprint density at radius 3 is 2.79 bits per heavy atom. The van der Waals surface area contributed by atoms with E-state index in [9.17, 15) is 14.9 Å². The normalized spacial score (nSPS) is 11.0. The fourth-order valence-electron chi connectivity index (χ4n) is 2.47. The first-order valence-corrected chi connectivity index (χ1v) is 10.0. The highest BCUT2D eigenvalue weighted by molar-refractivity contribution is 9.10. The second-order valence-electron chi connectivity index (χ2n) is 6.02. The quantitative estimate of drug-likeness (QED) is 0.309. The molecule has 2 heterocycles. The van der Waals surface area contributed by atoms with Crippen LogP contribution in [-0.2, 0) is 4.79 Å². The van der Waals surface area contributed by atoms with E-state index in [0.717, 1.165) is 0 Å². The van der Waals surface area contributed by atoms with Gasteiger partial charge in [-0.05, 0) is 48.0 Å². The Bertz CT molecular complexity index is 1020. The number of nitrogens with zero attached hydrogens (tertiary/aromatic N) is 4. The van der Waals surface area contributed by atoms with E-state index >= 15 is 0 Å². The van der Waals surface area contributed by atoms with E-state index in [0.29, 0.717) is 27.1 Å². The van der Waals surface area contributed by atoms with E-state index in [1.165, 1.54) is 30.0 Å². The van der Waals surface area contributed by atoms with Gasteiger partial charge in [0.1, 0.15) is 0 Å². The van der Waals surface area contributed by atoms with Crippen molar-refractivity contribution in [2.45, 2.75) is 25.0 Å². The van der Waals surface area contributed by atoms with Gasteiger partial charge in [0.15, 0.2) is 15.6 Å². The number of anilines is 1. The first-order chi connectivity index (χ1) is 13.3. The third-order valence-corrected chi connectivity index (χ3v) is 5.02. The van der Waals surface area contributed by atoms with Gasteiger partial charge in [0.05, 0.1) is 10.7 Å². The zero-order valence-electron chi connectivity index (χ0n) is 15.0. The minimum absolute atomic E-state index is 0.0520.